The molecule has 1 aliphatic carbocycles. The van der Waals surface area contributed by atoms with Crippen LogP contribution in [-0.4, -0.2) is 76.1 Å². The summed E-state index contributed by atoms with van der Waals surface area (Å²) in [6.07, 6.45) is 7.59. The van der Waals surface area contributed by atoms with E-state index in [4.69, 9.17) is 14.2 Å². The second kappa shape index (κ2) is 14.0. The maximum atomic E-state index is 12.0. The minimum atomic E-state index is -0.400. The van der Waals surface area contributed by atoms with Gasteiger partial charge in [0.15, 0.2) is 11.7 Å². The van der Waals surface area contributed by atoms with E-state index in [9.17, 15) is 4.79 Å². The number of halogens is 1. The first-order valence-electron chi connectivity index (χ1n) is 11.7. The Balaban J connectivity index is 0.00000385. The van der Waals surface area contributed by atoms with Crippen molar-refractivity contribution in [3.8, 4) is 5.75 Å². The van der Waals surface area contributed by atoms with Crippen LogP contribution in [0.5, 0.6) is 5.75 Å². The first-order chi connectivity index (χ1) is 15.5. The number of nitrogens with zero attached hydrogens (tertiary/aromatic N) is 2. The van der Waals surface area contributed by atoms with Gasteiger partial charge >= 0.3 is 0 Å². The molecule has 8 nitrogen and oxygen atoms in total. The summed E-state index contributed by atoms with van der Waals surface area (Å²) in [6, 6.07) is 8.02. The molecule has 2 aliphatic rings. The Labute approximate surface area is 214 Å². The van der Waals surface area contributed by atoms with Gasteiger partial charge in [0, 0.05) is 40.0 Å². The third kappa shape index (κ3) is 8.94. The van der Waals surface area contributed by atoms with Crippen LogP contribution < -0.4 is 15.4 Å². The van der Waals surface area contributed by atoms with Gasteiger partial charge in [0.1, 0.15) is 18.4 Å². The van der Waals surface area contributed by atoms with Crippen LogP contribution in [-0.2, 0) is 20.7 Å². The van der Waals surface area contributed by atoms with Crippen molar-refractivity contribution < 1.29 is 19.0 Å². The van der Waals surface area contributed by atoms with Gasteiger partial charge in [-0.3, -0.25) is 4.79 Å². The molecule has 0 bridgehead atoms. The molecule has 1 unspecified atom stereocenters. The molecule has 2 N–H and O–H groups in total. The standard InChI is InChI=1S/C24H38N4O4.HI/c1-28(2)22(29)17-27-23(25-15-12-19-8-10-20(30-3)11-9-19)26-16-21-18-31-24(32-21)13-6-4-5-7-14-24;/h8-11,21H,4-7,12-18H2,1-3H3,(H2,25,26,27);1H. The first kappa shape index (κ1) is 27.7. The number of ether oxygens (including phenoxy) is 3. The van der Waals surface area contributed by atoms with Gasteiger partial charge in [0.05, 0.1) is 13.7 Å². The summed E-state index contributed by atoms with van der Waals surface area (Å²) < 4.78 is 17.6. The van der Waals surface area contributed by atoms with Gasteiger partial charge < -0.3 is 29.7 Å². The third-order valence-electron chi connectivity index (χ3n) is 6.01. The Morgan fingerprint density at radius 3 is 2.48 bits per heavy atom. The average molecular weight is 575 g/mol. The molecule has 0 aromatic heterocycles. The van der Waals surface area contributed by atoms with Crippen molar-refractivity contribution in [2.75, 3.05) is 47.4 Å². The van der Waals surface area contributed by atoms with Crippen molar-refractivity contribution in [3.05, 3.63) is 29.8 Å². The van der Waals surface area contributed by atoms with Gasteiger partial charge in [-0.15, -0.1) is 24.0 Å². The Bertz CT molecular complexity index is 749. The number of rotatable bonds is 8. The summed E-state index contributed by atoms with van der Waals surface area (Å²) in [7, 11) is 5.13. The lowest BCUT2D eigenvalue weighted by Crippen LogP contribution is -2.43. The molecule has 1 spiro atoms. The molecule has 3 rings (SSSR count). The summed E-state index contributed by atoms with van der Waals surface area (Å²) >= 11 is 0. The highest BCUT2D eigenvalue weighted by Gasteiger charge is 2.41. The molecule has 1 amide bonds. The molecule has 9 heteroatoms. The summed E-state index contributed by atoms with van der Waals surface area (Å²) in [5.74, 6) is 1.01. The molecule has 2 fully saturated rings. The van der Waals surface area contributed by atoms with Crippen molar-refractivity contribution in [1.29, 1.82) is 0 Å². The first-order valence-corrected chi connectivity index (χ1v) is 11.7. The minimum absolute atomic E-state index is 0. The van der Waals surface area contributed by atoms with Crippen molar-refractivity contribution >= 4 is 35.8 Å². The number of aliphatic imine (C=N–C) groups is 1. The smallest absolute Gasteiger partial charge is 0.243 e. The highest BCUT2D eigenvalue weighted by atomic mass is 127. The number of nitrogens with one attached hydrogen (secondary N) is 2. The van der Waals surface area contributed by atoms with Crippen LogP contribution in [0.1, 0.15) is 44.1 Å². The molecule has 1 saturated heterocycles. The highest BCUT2D eigenvalue weighted by Crippen LogP contribution is 2.36. The molecule has 1 aromatic carbocycles. The predicted octanol–water partition coefficient (Wildman–Crippen LogP) is 2.95. The molecular weight excluding hydrogens is 535 g/mol. The van der Waals surface area contributed by atoms with Gasteiger partial charge in [-0.25, -0.2) is 4.99 Å². The Kier molecular flexibility index (Phi) is 11.7. The van der Waals surface area contributed by atoms with Gasteiger partial charge in [-0.2, -0.15) is 0 Å². The molecule has 33 heavy (non-hydrogen) atoms. The zero-order valence-electron chi connectivity index (χ0n) is 20.1. The van der Waals surface area contributed by atoms with Gasteiger partial charge in [-0.05, 0) is 37.0 Å². The summed E-state index contributed by atoms with van der Waals surface area (Å²) in [4.78, 5) is 18.0. The van der Waals surface area contributed by atoms with E-state index in [1.54, 1.807) is 26.1 Å². The van der Waals surface area contributed by atoms with Crippen LogP contribution >= 0.6 is 24.0 Å². The van der Waals surface area contributed by atoms with E-state index in [2.05, 4.69) is 27.8 Å². The van der Waals surface area contributed by atoms with E-state index in [0.29, 0.717) is 25.7 Å². The zero-order chi connectivity index (χ0) is 22.8. The van der Waals surface area contributed by atoms with E-state index in [0.717, 1.165) is 37.9 Å². The number of hydrogen-bond acceptors (Lipinski definition) is 5. The molecule has 1 aromatic rings. The van der Waals surface area contributed by atoms with Crippen molar-refractivity contribution in [3.63, 3.8) is 0 Å². The quantitative estimate of drug-likeness (QED) is 0.282. The number of methoxy groups -OCH3 is 1. The van der Waals surface area contributed by atoms with Crippen LogP contribution in [0, 0.1) is 0 Å². The van der Waals surface area contributed by atoms with E-state index < -0.39 is 5.79 Å². The number of amides is 1. The third-order valence-corrected chi connectivity index (χ3v) is 6.01. The van der Waals surface area contributed by atoms with Crippen LogP contribution in [0.15, 0.2) is 29.3 Å². The molecule has 1 atom stereocenters. The van der Waals surface area contributed by atoms with E-state index in [-0.39, 0.29) is 42.5 Å². The van der Waals surface area contributed by atoms with Gasteiger partial charge in [0.25, 0.3) is 0 Å². The fourth-order valence-electron chi connectivity index (χ4n) is 4.04. The molecule has 1 aliphatic heterocycles. The number of benzene rings is 1. The van der Waals surface area contributed by atoms with E-state index in [1.165, 1.54) is 18.4 Å². The highest BCUT2D eigenvalue weighted by molar-refractivity contribution is 14.0. The maximum Gasteiger partial charge on any atom is 0.243 e. The van der Waals surface area contributed by atoms with Crippen molar-refractivity contribution in [1.82, 2.24) is 15.5 Å². The molecule has 186 valence electrons. The predicted molar refractivity (Wildman–Crippen MR) is 140 cm³/mol. The van der Waals surface area contributed by atoms with Gasteiger partial charge in [-0.1, -0.05) is 25.0 Å². The lowest BCUT2D eigenvalue weighted by molar-refractivity contribution is -0.175. The molecule has 1 heterocycles. The normalized spacial score (nSPS) is 20.0. The maximum absolute atomic E-state index is 12.0. The summed E-state index contributed by atoms with van der Waals surface area (Å²) in [5.41, 5.74) is 1.20. The lowest BCUT2D eigenvalue weighted by atomic mass is 10.1. The number of likely N-dealkylation sites (N-methyl/N-ethyl adjacent to an activating group) is 1. The second-order valence-electron chi connectivity index (χ2n) is 8.73. The van der Waals surface area contributed by atoms with E-state index >= 15 is 0 Å². The Morgan fingerprint density at radius 2 is 1.85 bits per heavy atom. The molecule has 0 radical (unpaired) electrons. The minimum Gasteiger partial charge on any atom is -0.497 e. The Hall–Kier alpha value is -1.59. The number of guanidine groups is 1. The number of carbonyl (C=O) groups is 1. The molecule has 1 saturated carbocycles. The number of hydrogen-bond donors (Lipinski definition) is 2. The topological polar surface area (TPSA) is 84.4 Å². The van der Waals surface area contributed by atoms with E-state index in [1.807, 2.05) is 12.1 Å². The summed E-state index contributed by atoms with van der Waals surface area (Å²) in [5, 5.41) is 6.68. The fraction of sp³-hybridized carbons (Fsp3) is 0.667. The van der Waals surface area contributed by atoms with Crippen molar-refractivity contribution in [2.45, 2.75) is 56.8 Å². The average Bonchev–Trinajstić information content (AvgIpc) is 3.05. The monoisotopic (exact) mass is 574 g/mol. The number of carbonyl (C=O) groups excluding carboxylic acids is 1. The van der Waals surface area contributed by atoms with Gasteiger partial charge in [0.2, 0.25) is 5.91 Å². The van der Waals surface area contributed by atoms with Crippen molar-refractivity contribution in [2.24, 2.45) is 4.99 Å². The second-order valence-corrected chi connectivity index (χ2v) is 8.73. The lowest BCUT2D eigenvalue weighted by Gasteiger charge is -2.26. The van der Waals surface area contributed by atoms with Crippen LogP contribution in [0.4, 0.5) is 0 Å². The van der Waals surface area contributed by atoms with Crippen LogP contribution in [0.2, 0.25) is 0 Å². The fourth-order valence-corrected chi connectivity index (χ4v) is 4.04. The molecular formula is C24H39IN4O4. The van der Waals surface area contributed by atoms with Crippen LogP contribution in [0.3, 0.4) is 0 Å². The largest absolute Gasteiger partial charge is 0.497 e. The Morgan fingerprint density at radius 1 is 1.15 bits per heavy atom. The van der Waals surface area contributed by atoms with Crippen LogP contribution in [0.25, 0.3) is 0 Å². The zero-order valence-corrected chi connectivity index (χ0v) is 22.4. The SMILES string of the molecule is COc1ccc(CCNC(=NCC(=O)N(C)C)NCC2COC3(CCCCCC3)O2)cc1.I. The summed E-state index contributed by atoms with van der Waals surface area (Å²) in [6.45, 7) is 1.96.